The van der Waals surface area contributed by atoms with Gasteiger partial charge in [-0.15, -0.1) is 0 Å². The lowest BCUT2D eigenvalue weighted by atomic mass is 9.42. The van der Waals surface area contributed by atoms with Crippen molar-refractivity contribution in [3.05, 3.63) is 11.6 Å². The second-order valence-corrected chi connectivity index (χ2v) is 9.72. The standard InChI is InChI=1S/C20H28O6/c1-17(14(22)9-21)4-3-12-11(8-17)7-13-15-18(2,16(23)26-13)20(24)6-5-19(12,15)10-25-20/h7,12-15,21-22,24H,3-6,8-10H2,1-2H3. The van der Waals surface area contributed by atoms with Crippen LogP contribution in [0.1, 0.15) is 46.0 Å². The summed E-state index contributed by atoms with van der Waals surface area (Å²) in [6, 6.07) is 0. The first kappa shape index (κ1) is 17.2. The predicted molar refractivity (Wildman–Crippen MR) is 90.7 cm³/mol. The van der Waals surface area contributed by atoms with Gasteiger partial charge in [0.05, 0.1) is 19.3 Å². The van der Waals surface area contributed by atoms with Crippen molar-refractivity contribution in [3.8, 4) is 0 Å². The van der Waals surface area contributed by atoms with Gasteiger partial charge in [0.25, 0.3) is 0 Å². The summed E-state index contributed by atoms with van der Waals surface area (Å²) in [6.45, 7) is 4.05. The summed E-state index contributed by atoms with van der Waals surface area (Å²) in [5.74, 6) is -1.56. The number of aliphatic hydroxyl groups excluding tert-OH is 2. The highest BCUT2D eigenvalue weighted by molar-refractivity contribution is 5.82. The highest BCUT2D eigenvalue weighted by Gasteiger charge is 2.78. The van der Waals surface area contributed by atoms with Crippen molar-refractivity contribution in [1.29, 1.82) is 0 Å². The quantitative estimate of drug-likeness (QED) is 0.502. The van der Waals surface area contributed by atoms with Crippen LogP contribution in [0, 0.1) is 28.1 Å². The van der Waals surface area contributed by atoms with Crippen LogP contribution < -0.4 is 0 Å². The van der Waals surface area contributed by atoms with Crippen LogP contribution in [-0.4, -0.2) is 52.5 Å². The van der Waals surface area contributed by atoms with Crippen LogP contribution in [0.3, 0.4) is 0 Å². The monoisotopic (exact) mass is 364 g/mol. The van der Waals surface area contributed by atoms with Crippen LogP contribution in [0.4, 0.5) is 0 Å². The Kier molecular flexibility index (Phi) is 3.24. The molecule has 0 aromatic rings. The lowest BCUT2D eigenvalue weighted by Crippen LogP contribution is -2.71. The SMILES string of the molecule is CC1(C(O)CO)CCC2C(=CC3OC(=O)C4(C)C3C23CCC4(O)OC3)C1. The topological polar surface area (TPSA) is 96.2 Å². The molecule has 8 atom stereocenters. The van der Waals surface area contributed by atoms with E-state index in [-0.39, 0.29) is 41.3 Å². The van der Waals surface area contributed by atoms with Gasteiger partial charge in [0, 0.05) is 17.8 Å². The van der Waals surface area contributed by atoms with Crippen LogP contribution >= 0.6 is 0 Å². The molecule has 3 N–H and O–H groups in total. The largest absolute Gasteiger partial charge is 0.457 e. The average Bonchev–Trinajstić information content (AvgIpc) is 2.89. The molecule has 0 aromatic heterocycles. The maximum Gasteiger partial charge on any atom is 0.318 e. The zero-order valence-electron chi connectivity index (χ0n) is 15.4. The maximum atomic E-state index is 12.8. The van der Waals surface area contributed by atoms with E-state index in [1.54, 1.807) is 0 Å². The zero-order valence-corrected chi connectivity index (χ0v) is 15.4. The van der Waals surface area contributed by atoms with E-state index in [0.717, 1.165) is 19.3 Å². The Labute approximate surface area is 153 Å². The molecule has 6 nitrogen and oxygen atoms in total. The Hall–Kier alpha value is -0.950. The van der Waals surface area contributed by atoms with Crippen molar-refractivity contribution in [3.63, 3.8) is 0 Å². The molecule has 6 rings (SSSR count). The van der Waals surface area contributed by atoms with Gasteiger partial charge in [-0.05, 0) is 50.0 Å². The van der Waals surface area contributed by atoms with Crippen LogP contribution in [0.2, 0.25) is 0 Å². The molecule has 144 valence electrons. The average molecular weight is 364 g/mol. The fourth-order valence-electron chi connectivity index (χ4n) is 7.04. The van der Waals surface area contributed by atoms with Gasteiger partial charge in [0.1, 0.15) is 11.5 Å². The number of hydrogen-bond acceptors (Lipinski definition) is 6. The molecule has 0 amide bonds. The van der Waals surface area contributed by atoms with E-state index in [0.29, 0.717) is 19.4 Å². The van der Waals surface area contributed by atoms with Gasteiger partial charge >= 0.3 is 5.97 Å². The molecule has 6 heteroatoms. The van der Waals surface area contributed by atoms with Gasteiger partial charge in [-0.3, -0.25) is 4.79 Å². The van der Waals surface area contributed by atoms with Crippen LogP contribution in [-0.2, 0) is 14.3 Å². The fraction of sp³-hybridized carbons (Fsp3) is 0.850. The van der Waals surface area contributed by atoms with Gasteiger partial charge in [0.2, 0.25) is 0 Å². The number of esters is 1. The van der Waals surface area contributed by atoms with Crippen molar-refractivity contribution in [2.24, 2.45) is 28.1 Å². The Morgan fingerprint density at radius 3 is 2.73 bits per heavy atom. The molecule has 26 heavy (non-hydrogen) atoms. The van der Waals surface area contributed by atoms with E-state index >= 15 is 0 Å². The van der Waals surface area contributed by atoms with Gasteiger partial charge in [-0.1, -0.05) is 12.5 Å². The third-order valence-electron chi connectivity index (χ3n) is 8.67. The summed E-state index contributed by atoms with van der Waals surface area (Å²) in [5.41, 5.74) is -0.342. The molecule has 0 aromatic carbocycles. The minimum Gasteiger partial charge on any atom is -0.457 e. The normalized spacial score (nSPS) is 55.7. The van der Waals surface area contributed by atoms with Gasteiger partial charge in [-0.2, -0.15) is 0 Å². The smallest absolute Gasteiger partial charge is 0.318 e. The number of aliphatic hydroxyl groups is 3. The molecule has 2 saturated carbocycles. The zero-order chi connectivity index (χ0) is 18.5. The van der Waals surface area contributed by atoms with Gasteiger partial charge in [0.15, 0.2) is 5.79 Å². The number of fused-ring (bicyclic) bond motifs is 3. The number of carbonyl (C=O) groups is 1. The summed E-state index contributed by atoms with van der Waals surface area (Å²) in [7, 11) is 0. The third kappa shape index (κ3) is 1.71. The first-order valence-electron chi connectivity index (χ1n) is 9.77. The molecule has 3 heterocycles. The fourth-order valence-corrected chi connectivity index (χ4v) is 7.04. The van der Waals surface area contributed by atoms with E-state index in [1.807, 2.05) is 13.8 Å². The van der Waals surface area contributed by atoms with Crippen molar-refractivity contribution < 1.29 is 29.6 Å². The second kappa shape index (κ2) is 4.90. The van der Waals surface area contributed by atoms with E-state index in [2.05, 4.69) is 6.08 Å². The van der Waals surface area contributed by atoms with Crippen LogP contribution in [0.5, 0.6) is 0 Å². The minimum atomic E-state index is -1.42. The molecular formula is C20H28O6. The van der Waals surface area contributed by atoms with Crippen LogP contribution in [0.15, 0.2) is 11.6 Å². The van der Waals surface area contributed by atoms with Gasteiger partial charge in [-0.25, -0.2) is 0 Å². The van der Waals surface area contributed by atoms with E-state index < -0.39 is 17.3 Å². The molecule has 2 bridgehead atoms. The summed E-state index contributed by atoms with van der Waals surface area (Å²) in [5, 5.41) is 30.8. The predicted octanol–water partition coefficient (Wildman–Crippen LogP) is 1.13. The molecule has 3 saturated heterocycles. The summed E-state index contributed by atoms with van der Waals surface area (Å²) in [6.07, 6.45) is 4.71. The number of allylic oxidation sites excluding steroid dienone is 1. The first-order chi connectivity index (χ1) is 12.2. The third-order valence-corrected chi connectivity index (χ3v) is 8.67. The summed E-state index contributed by atoms with van der Waals surface area (Å²) < 4.78 is 11.7. The molecule has 8 unspecified atom stereocenters. The summed E-state index contributed by atoms with van der Waals surface area (Å²) in [4.78, 5) is 12.8. The van der Waals surface area contributed by atoms with E-state index in [4.69, 9.17) is 9.47 Å². The molecular weight excluding hydrogens is 336 g/mol. The molecule has 5 fully saturated rings. The number of rotatable bonds is 2. The highest BCUT2D eigenvalue weighted by atomic mass is 16.6. The molecule has 3 aliphatic carbocycles. The maximum absolute atomic E-state index is 12.8. The Bertz CT molecular complexity index is 692. The number of carbonyl (C=O) groups excluding carboxylic acids is 1. The Balaban J connectivity index is 1.60. The van der Waals surface area contributed by atoms with Crippen molar-refractivity contribution in [2.45, 2.75) is 63.9 Å². The van der Waals surface area contributed by atoms with Crippen LogP contribution in [0.25, 0.3) is 0 Å². The molecule has 0 radical (unpaired) electrons. The Morgan fingerprint density at radius 1 is 1.31 bits per heavy atom. The first-order valence-corrected chi connectivity index (χ1v) is 9.77. The lowest BCUT2D eigenvalue weighted by Gasteiger charge is -2.66. The van der Waals surface area contributed by atoms with E-state index in [9.17, 15) is 20.1 Å². The second-order valence-electron chi connectivity index (χ2n) is 9.72. The number of ether oxygens (including phenoxy) is 2. The molecule has 6 aliphatic rings. The number of hydrogen-bond donors (Lipinski definition) is 3. The van der Waals surface area contributed by atoms with Crippen molar-refractivity contribution >= 4 is 5.97 Å². The lowest BCUT2D eigenvalue weighted by molar-refractivity contribution is -0.367. The summed E-state index contributed by atoms with van der Waals surface area (Å²) >= 11 is 0. The van der Waals surface area contributed by atoms with Crippen molar-refractivity contribution in [2.75, 3.05) is 13.2 Å². The van der Waals surface area contributed by atoms with Gasteiger partial charge < -0.3 is 24.8 Å². The molecule has 3 aliphatic heterocycles. The molecule has 1 spiro atoms. The minimum absolute atomic E-state index is 0.0594. The van der Waals surface area contributed by atoms with E-state index in [1.165, 1.54) is 5.57 Å². The Morgan fingerprint density at radius 2 is 2.08 bits per heavy atom. The highest BCUT2D eigenvalue weighted by Crippen LogP contribution is 2.72. The van der Waals surface area contributed by atoms with Crippen molar-refractivity contribution in [1.82, 2.24) is 0 Å².